The molecular weight excluding hydrogens is 218 g/mol. The molecule has 5 heteroatoms. The summed E-state index contributed by atoms with van der Waals surface area (Å²) in [7, 11) is 1.86. The summed E-state index contributed by atoms with van der Waals surface area (Å²) >= 11 is 0. The quantitative estimate of drug-likeness (QED) is 0.861. The van der Waals surface area contributed by atoms with Crippen LogP contribution >= 0.6 is 0 Å². The normalized spacial score (nSPS) is 19.4. The second-order valence-electron chi connectivity index (χ2n) is 4.13. The van der Waals surface area contributed by atoms with Crippen molar-refractivity contribution < 1.29 is 9.47 Å². The molecule has 0 aromatic carbocycles. The third-order valence-corrected chi connectivity index (χ3v) is 2.87. The lowest BCUT2D eigenvalue weighted by Gasteiger charge is -2.15. The van der Waals surface area contributed by atoms with Gasteiger partial charge in [0, 0.05) is 19.9 Å². The van der Waals surface area contributed by atoms with Crippen LogP contribution in [-0.2, 0) is 11.2 Å². The maximum absolute atomic E-state index is 5.87. The Balaban J connectivity index is 2.24. The fourth-order valence-electron chi connectivity index (χ4n) is 1.82. The van der Waals surface area contributed by atoms with Crippen molar-refractivity contribution in [1.29, 1.82) is 0 Å². The molecule has 1 atom stereocenters. The Morgan fingerprint density at radius 2 is 2.29 bits per heavy atom. The number of rotatable bonds is 4. The summed E-state index contributed by atoms with van der Waals surface area (Å²) in [6.07, 6.45) is 1.85. The summed E-state index contributed by atoms with van der Waals surface area (Å²) in [6, 6.07) is 0. The van der Waals surface area contributed by atoms with Gasteiger partial charge in [-0.1, -0.05) is 6.92 Å². The first-order valence-corrected chi connectivity index (χ1v) is 6.04. The molecule has 1 unspecified atom stereocenters. The zero-order valence-corrected chi connectivity index (χ0v) is 10.6. The summed E-state index contributed by atoms with van der Waals surface area (Å²) < 4.78 is 11.2. The molecule has 1 aromatic heterocycles. The number of hydrogen-bond acceptors (Lipinski definition) is 5. The van der Waals surface area contributed by atoms with E-state index in [1.165, 1.54) is 0 Å². The van der Waals surface area contributed by atoms with Gasteiger partial charge in [0.15, 0.2) is 0 Å². The minimum absolute atomic E-state index is 0.123. The first-order valence-electron chi connectivity index (χ1n) is 6.04. The average Bonchev–Trinajstić information content (AvgIpc) is 2.84. The van der Waals surface area contributed by atoms with Crippen LogP contribution in [-0.4, -0.2) is 36.3 Å². The molecule has 1 aliphatic rings. The van der Waals surface area contributed by atoms with E-state index < -0.39 is 0 Å². The van der Waals surface area contributed by atoms with Crippen molar-refractivity contribution in [3.8, 4) is 5.88 Å². The molecule has 0 bridgehead atoms. The molecule has 0 amide bonds. The largest absolute Gasteiger partial charge is 0.471 e. The summed E-state index contributed by atoms with van der Waals surface area (Å²) in [4.78, 5) is 8.84. The van der Waals surface area contributed by atoms with E-state index >= 15 is 0 Å². The van der Waals surface area contributed by atoms with Crippen molar-refractivity contribution in [2.75, 3.05) is 25.6 Å². The Morgan fingerprint density at radius 1 is 1.47 bits per heavy atom. The van der Waals surface area contributed by atoms with Crippen molar-refractivity contribution in [1.82, 2.24) is 9.97 Å². The maximum Gasteiger partial charge on any atom is 0.222 e. The van der Waals surface area contributed by atoms with Crippen LogP contribution in [0, 0.1) is 6.92 Å². The molecule has 1 N–H and O–H groups in total. The van der Waals surface area contributed by atoms with Crippen LogP contribution in [0.2, 0.25) is 0 Å². The molecule has 0 radical (unpaired) electrons. The lowest BCUT2D eigenvalue weighted by Crippen LogP contribution is -2.18. The summed E-state index contributed by atoms with van der Waals surface area (Å²) in [5.74, 6) is 2.32. The molecule has 17 heavy (non-hydrogen) atoms. The molecule has 1 aromatic rings. The first-order chi connectivity index (χ1) is 8.24. The number of hydrogen-bond donors (Lipinski definition) is 1. The highest BCUT2D eigenvalue weighted by molar-refractivity contribution is 5.48. The SMILES string of the molecule is CCc1nc(NC)c(C)c(OC2CCOC2)n1. The lowest BCUT2D eigenvalue weighted by molar-refractivity contribution is 0.137. The van der Waals surface area contributed by atoms with Gasteiger partial charge in [0.1, 0.15) is 17.7 Å². The molecule has 1 saturated heterocycles. The van der Waals surface area contributed by atoms with E-state index in [2.05, 4.69) is 15.3 Å². The molecule has 5 nitrogen and oxygen atoms in total. The Morgan fingerprint density at radius 3 is 2.88 bits per heavy atom. The fraction of sp³-hybridized carbons (Fsp3) is 0.667. The smallest absolute Gasteiger partial charge is 0.222 e. The third kappa shape index (κ3) is 2.66. The zero-order valence-electron chi connectivity index (χ0n) is 10.6. The zero-order chi connectivity index (χ0) is 12.3. The average molecular weight is 237 g/mol. The number of nitrogens with zero attached hydrogens (tertiary/aromatic N) is 2. The topological polar surface area (TPSA) is 56.3 Å². The highest BCUT2D eigenvalue weighted by Gasteiger charge is 2.20. The standard InChI is InChI=1S/C12H19N3O2/c1-4-10-14-11(13-3)8(2)12(15-10)17-9-5-6-16-7-9/h9H,4-7H2,1-3H3,(H,13,14,15). The van der Waals surface area contributed by atoms with Crippen LogP contribution in [0.4, 0.5) is 5.82 Å². The van der Waals surface area contributed by atoms with Crippen molar-refractivity contribution in [2.45, 2.75) is 32.8 Å². The van der Waals surface area contributed by atoms with Crippen molar-refractivity contribution in [3.63, 3.8) is 0 Å². The third-order valence-electron chi connectivity index (χ3n) is 2.87. The molecular formula is C12H19N3O2. The van der Waals surface area contributed by atoms with Gasteiger partial charge in [0.05, 0.1) is 18.8 Å². The van der Waals surface area contributed by atoms with Crippen molar-refractivity contribution in [2.24, 2.45) is 0 Å². The Hall–Kier alpha value is -1.36. The number of nitrogens with one attached hydrogen (secondary N) is 1. The minimum Gasteiger partial charge on any atom is -0.471 e. The number of anilines is 1. The predicted octanol–water partition coefficient (Wildman–Crippen LogP) is 1.56. The Kier molecular flexibility index (Phi) is 3.78. The van der Waals surface area contributed by atoms with Gasteiger partial charge in [-0.2, -0.15) is 4.98 Å². The number of ether oxygens (including phenoxy) is 2. The first kappa shape index (κ1) is 12.1. The van der Waals surface area contributed by atoms with Crippen LogP contribution in [0.3, 0.4) is 0 Å². The molecule has 0 aliphatic carbocycles. The van der Waals surface area contributed by atoms with Gasteiger partial charge in [-0.15, -0.1) is 0 Å². The molecule has 94 valence electrons. The van der Waals surface area contributed by atoms with E-state index in [4.69, 9.17) is 9.47 Å². The minimum atomic E-state index is 0.123. The van der Waals surface area contributed by atoms with E-state index in [1.54, 1.807) is 0 Å². The molecule has 2 rings (SSSR count). The predicted molar refractivity (Wildman–Crippen MR) is 65.5 cm³/mol. The van der Waals surface area contributed by atoms with Crippen LogP contribution < -0.4 is 10.1 Å². The van der Waals surface area contributed by atoms with Crippen LogP contribution in [0.25, 0.3) is 0 Å². The lowest BCUT2D eigenvalue weighted by atomic mass is 10.3. The van der Waals surface area contributed by atoms with E-state index in [0.29, 0.717) is 12.5 Å². The van der Waals surface area contributed by atoms with Crippen LogP contribution in [0.5, 0.6) is 5.88 Å². The monoisotopic (exact) mass is 237 g/mol. The summed E-state index contributed by atoms with van der Waals surface area (Å²) in [6.45, 7) is 5.43. The van der Waals surface area contributed by atoms with Crippen LogP contribution in [0.15, 0.2) is 0 Å². The van der Waals surface area contributed by atoms with Crippen molar-refractivity contribution in [3.05, 3.63) is 11.4 Å². The maximum atomic E-state index is 5.87. The van der Waals surface area contributed by atoms with Gasteiger partial charge in [0.2, 0.25) is 5.88 Å². The van der Waals surface area contributed by atoms with E-state index in [-0.39, 0.29) is 6.10 Å². The highest BCUT2D eigenvalue weighted by atomic mass is 16.5. The molecule has 0 spiro atoms. The van der Waals surface area contributed by atoms with Crippen LogP contribution in [0.1, 0.15) is 24.7 Å². The summed E-state index contributed by atoms with van der Waals surface area (Å²) in [5, 5.41) is 3.07. The molecule has 1 fully saturated rings. The number of aryl methyl sites for hydroxylation is 1. The van der Waals surface area contributed by atoms with E-state index in [0.717, 1.165) is 36.7 Å². The molecule has 0 saturated carbocycles. The van der Waals surface area contributed by atoms with E-state index in [1.807, 2.05) is 20.9 Å². The second kappa shape index (κ2) is 5.31. The van der Waals surface area contributed by atoms with Gasteiger partial charge in [-0.25, -0.2) is 4.98 Å². The highest BCUT2D eigenvalue weighted by Crippen LogP contribution is 2.24. The Labute approximate surface area is 102 Å². The van der Waals surface area contributed by atoms with E-state index in [9.17, 15) is 0 Å². The summed E-state index contributed by atoms with van der Waals surface area (Å²) in [5.41, 5.74) is 0.955. The fourth-order valence-corrected chi connectivity index (χ4v) is 1.82. The van der Waals surface area contributed by atoms with Gasteiger partial charge < -0.3 is 14.8 Å². The van der Waals surface area contributed by atoms with Gasteiger partial charge in [-0.3, -0.25) is 0 Å². The van der Waals surface area contributed by atoms with Gasteiger partial charge in [0.25, 0.3) is 0 Å². The van der Waals surface area contributed by atoms with Crippen molar-refractivity contribution >= 4 is 5.82 Å². The molecule has 2 heterocycles. The second-order valence-corrected chi connectivity index (χ2v) is 4.13. The van der Waals surface area contributed by atoms with Gasteiger partial charge in [-0.05, 0) is 6.92 Å². The van der Waals surface area contributed by atoms with Gasteiger partial charge >= 0.3 is 0 Å². The Bertz CT molecular complexity index is 390. The number of aromatic nitrogens is 2. The molecule has 1 aliphatic heterocycles.